The van der Waals surface area contributed by atoms with Crippen molar-refractivity contribution in [2.75, 3.05) is 13.2 Å². The van der Waals surface area contributed by atoms with E-state index in [9.17, 15) is 14.7 Å². The number of aryl methyl sites for hydroxylation is 1. The molecular formula is C16H18N2O4. The first kappa shape index (κ1) is 14.6. The van der Waals surface area contributed by atoms with Gasteiger partial charge < -0.3 is 19.7 Å². The van der Waals surface area contributed by atoms with Gasteiger partial charge in [-0.15, -0.1) is 0 Å². The molecule has 6 heteroatoms. The smallest absolute Gasteiger partial charge is 0.329 e. The van der Waals surface area contributed by atoms with Gasteiger partial charge in [0.05, 0.1) is 5.56 Å². The Bertz CT molecular complexity index is 729. The van der Waals surface area contributed by atoms with Gasteiger partial charge in [-0.1, -0.05) is 18.2 Å². The number of aliphatic carboxylic acids is 1. The average Bonchev–Trinajstić information content (AvgIpc) is 2.86. The number of hydrogen-bond donors (Lipinski definition) is 2. The Hall–Kier alpha value is -2.34. The van der Waals surface area contributed by atoms with Crippen LogP contribution in [0.15, 0.2) is 30.5 Å². The fraction of sp³-hybridized carbons (Fsp3) is 0.375. The Labute approximate surface area is 127 Å². The Morgan fingerprint density at radius 1 is 1.27 bits per heavy atom. The van der Waals surface area contributed by atoms with Crippen LogP contribution in [0.3, 0.4) is 0 Å². The second-order valence-electron chi connectivity index (χ2n) is 5.62. The molecule has 0 radical (unpaired) electrons. The van der Waals surface area contributed by atoms with Crippen molar-refractivity contribution in [3.05, 3.63) is 36.0 Å². The zero-order valence-corrected chi connectivity index (χ0v) is 12.3. The Morgan fingerprint density at radius 2 is 1.95 bits per heavy atom. The lowest BCUT2D eigenvalue weighted by Gasteiger charge is -2.33. The molecule has 0 aliphatic carbocycles. The third-order valence-electron chi connectivity index (χ3n) is 4.25. The van der Waals surface area contributed by atoms with E-state index in [4.69, 9.17) is 4.74 Å². The zero-order chi connectivity index (χ0) is 15.7. The summed E-state index contributed by atoms with van der Waals surface area (Å²) in [7, 11) is 1.86. The highest BCUT2D eigenvalue weighted by molar-refractivity contribution is 6.08. The lowest BCUT2D eigenvalue weighted by Crippen LogP contribution is -2.57. The quantitative estimate of drug-likeness (QED) is 0.901. The number of nitrogens with one attached hydrogen (secondary N) is 1. The van der Waals surface area contributed by atoms with Gasteiger partial charge in [0.15, 0.2) is 0 Å². The van der Waals surface area contributed by atoms with Crippen molar-refractivity contribution < 1.29 is 19.4 Å². The summed E-state index contributed by atoms with van der Waals surface area (Å²) in [4.78, 5) is 24.3. The van der Waals surface area contributed by atoms with Crippen molar-refractivity contribution in [2.45, 2.75) is 18.4 Å². The monoisotopic (exact) mass is 302 g/mol. The number of fused-ring (bicyclic) bond motifs is 1. The molecule has 3 rings (SSSR count). The average molecular weight is 302 g/mol. The van der Waals surface area contributed by atoms with Crippen LogP contribution in [-0.2, 0) is 16.6 Å². The number of carbonyl (C=O) groups is 2. The predicted molar refractivity (Wildman–Crippen MR) is 80.8 cm³/mol. The largest absolute Gasteiger partial charge is 0.480 e. The number of carbonyl (C=O) groups excluding carboxylic acids is 1. The summed E-state index contributed by atoms with van der Waals surface area (Å²) in [6, 6.07) is 7.55. The van der Waals surface area contributed by atoms with E-state index < -0.39 is 11.5 Å². The third-order valence-corrected chi connectivity index (χ3v) is 4.25. The number of carboxylic acids is 1. The highest BCUT2D eigenvalue weighted by atomic mass is 16.5. The molecule has 6 nitrogen and oxygen atoms in total. The van der Waals surface area contributed by atoms with E-state index in [0.717, 1.165) is 10.9 Å². The molecule has 0 atom stereocenters. The van der Waals surface area contributed by atoms with E-state index in [1.807, 2.05) is 35.9 Å². The van der Waals surface area contributed by atoms with Crippen LogP contribution in [0.1, 0.15) is 23.2 Å². The van der Waals surface area contributed by atoms with Gasteiger partial charge in [0.25, 0.3) is 5.91 Å². The standard InChI is InChI=1S/C16H18N2O4/c1-18-10-12(11-4-2-3-5-13(11)18)14(19)17-16(15(20)21)6-8-22-9-7-16/h2-5,10H,6-9H2,1H3,(H,17,19)(H,20,21). The topological polar surface area (TPSA) is 80.6 Å². The summed E-state index contributed by atoms with van der Waals surface area (Å²) in [6.45, 7) is 0.671. The molecule has 1 aliphatic rings. The fourth-order valence-electron chi connectivity index (χ4n) is 2.92. The number of benzene rings is 1. The second kappa shape index (κ2) is 5.46. The number of hydrogen-bond acceptors (Lipinski definition) is 3. The molecule has 1 aliphatic heterocycles. The first-order chi connectivity index (χ1) is 10.5. The maximum atomic E-state index is 12.6. The van der Waals surface area contributed by atoms with Crippen LogP contribution in [0.4, 0.5) is 0 Å². The van der Waals surface area contributed by atoms with E-state index in [-0.39, 0.29) is 18.7 Å². The first-order valence-electron chi connectivity index (χ1n) is 7.21. The normalized spacial score (nSPS) is 17.3. The molecule has 0 unspecified atom stereocenters. The molecule has 1 fully saturated rings. The van der Waals surface area contributed by atoms with Gasteiger partial charge in [-0.3, -0.25) is 4.79 Å². The van der Waals surface area contributed by atoms with Crippen LogP contribution >= 0.6 is 0 Å². The first-order valence-corrected chi connectivity index (χ1v) is 7.21. The molecule has 0 spiro atoms. The molecule has 2 N–H and O–H groups in total. The van der Waals surface area contributed by atoms with Crippen LogP contribution in [0.25, 0.3) is 10.9 Å². The molecule has 2 aromatic rings. The van der Waals surface area contributed by atoms with E-state index in [0.29, 0.717) is 18.8 Å². The van der Waals surface area contributed by atoms with E-state index in [1.54, 1.807) is 6.20 Å². The Kier molecular flexibility index (Phi) is 3.62. The van der Waals surface area contributed by atoms with E-state index in [1.165, 1.54) is 0 Å². The molecule has 1 saturated heterocycles. The van der Waals surface area contributed by atoms with Crippen LogP contribution in [-0.4, -0.2) is 40.3 Å². The molecule has 22 heavy (non-hydrogen) atoms. The van der Waals surface area contributed by atoms with Gasteiger partial charge in [0, 0.05) is 50.2 Å². The summed E-state index contributed by atoms with van der Waals surface area (Å²) >= 11 is 0. The van der Waals surface area contributed by atoms with Crippen LogP contribution < -0.4 is 5.32 Å². The van der Waals surface area contributed by atoms with Crippen molar-refractivity contribution in [1.29, 1.82) is 0 Å². The number of aromatic nitrogens is 1. The Balaban J connectivity index is 1.94. The number of amides is 1. The van der Waals surface area contributed by atoms with E-state index >= 15 is 0 Å². The molecule has 1 amide bonds. The lowest BCUT2D eigenvalue weighted by molar-refractivity contribution is -0.148. The molecule has 116 valence electrons. The number of ether oxygens (including phenoxy) is 1. The van der Waals surface area contributed by atoms with Crippen molar-refractivity contribution in [3.63, 3.8) is 0 Å². The third kappa shape index (κ3) is 2.35. The molecular weight excluding hydrogens is 284 g/mol. The molecule has 1 aromatic heterocycles. The minimum Gasteiger partial charge on any atom is -0.480 e. The summed E-state index contributed by atoms with van der Waals surface area (Å²) in [5.41, 5.74) is 0.181. The number of para-hydroxylation sites is 1. The fourth-order valence-corrected chi connectivity index (χ4v) is 2.92. The van der Waals surface area contributed by atoms with Crippen LogP contribution in [0.5, 0.6) is 0 Å². The highest BCUT2D eigenvalue weighted by Crippen LogP contribution is 2.24. The maximum Gasteiger partial charge on any atom is 0.329 e. The molecule has 2 heterocycles. The maximum absolute atomic E-state index is 12.6. The second-order valence-corrected chi connectivity index (χ2v) is 5.62. The Morgan fingerprint density at radius 3 is 2.64 bits per heavy atom. The number of nitrogens with zero attached hydrogens (tertiary/aromatic N) is 1. The number of carboxylic acid groups (broad SMARTS) is 1. The highest BCUT2D eigenvalue weighted by Gasteiger charge is 2.42. The van der Waals surface area contributed by atoms with Gasteiger partial charge in [-0.05, 0) is 6.07 Å². The molecule has 1 aromatic carbocycles. The van der Waals surface area contributed by atoms with Gasteiger partial charge in [-0.2, -0.15) is 0 Å². The molecule has 0 saturated carbocycles. The summed E-state index contributed by atoms with van der Waals surface area (Å²) in [5.74, 6) is -1.37. The van der Waals surface area contributed by atoms with Crippen LogP contribution in [0, 0.1) is 0 Å². The minimum absolute atomic E-state index is 0.277. The van der Waals surface area contributed by atoms with Gasteiger partial charge in [0.2, 0.25) is 0 Å². The molecule has 0 bridgehead atoms. The number of rotatable bonds is 3. The van der Waals surface area contributed by atoms with Crippen LogP contribution in [0.2, 0.25) is 0 Å². The van der Waals surface area contributed by atoms with Gasteiger partial charge >= 0.3 is 5.97 Å². The SMILES string of the molecule is Cn1cc(C(=O)NC2(C(=O)O)CCOCC2)c2ccccc21. The van der Waals surface area contributed by atoms with Gasteiger partial charge in [0.1, 0.15) is 5.54 Å². The minimum atomic E-state index is -1.24. The van der Waals surface area contributed by atoms with E-state index in [2.05, 4.69) is 5.32 Å². The van der Waals surface area contributed by atoms with Crippen molar-refractivity contribution in [3.8, 4) is 0 Å². The van der Waals surface area contributed by atoms with Gasteiger partial charge in [-0.25, -0.2) is 4.79 Å². The lowest BCUT2D eigenvalue weighted by atomic mass is 9.89. The van der Waals surface area contributed by atoms with Crippen molar-refractivity contribution >= 4 is 22.8 Å². The van der Waals surface area contributed by atoms with Crippen molar-refractivity contribution in [1.82, 2.24) is 9.88 Å². The summed E-state index contributed by atoms with van der Waals surface area (Å²) in [6.07, 6.45) is 2.28. The summed E-state index contributed by atoms with van der Waals surface area (Å²) < 4.78 is 7.08. The summed E-state index contributed by atoms with van der Waals surface area (Å²) in [5, 5.41) is 13.1. The zero-order valence-electron chi connectivity index (χ0n) is 12.3. The predicted octanol–water partition coefficient (Wildman–Crippen LogP) is 1.54. The van der Waals surface area contributed by atoms with Crippen molar-refractivity contribution in [2.24, 2.45) is 7.05 Å².